The minimum Gasteiger partial charge on any atom is -0.503 e. The number of carbonyl (C=O) groups excluding carboxylic acids is 2. The van der Waals surface area contributed by atoms with Crippen molar-refractivity contribution in [3.05, 3.63) is 62.5 Å². The molecule has 4 rings (SSSR count). The highest BCUT2D eigenvalue weighted by Gasteiger charge is 2.43. The molecule has 2 aromatic heterocycles. The van der Waals surface area contributed by atoms with Crippen molar-refractivity contribution < 1.29 is 23.5 Å². The summed E-state index contributed by atoms with van der Waals surface area (Å²) in [6.45, 7) is 5.07. The standard InChI is InChI=1S/C24H26F2N6O4S/c1-12(27)31-11-24(3,10-30(4)13(2)33)32-9-16(20(34)21(35)19(32)23(31)36)22-29-28-18(37-22)7-14-5-6-15(25)8-17(14)26/h5-6,8-9,12,35H,7,10-11,27H2,1-4H3. The molecule has 0 aliphatic carbocycles. The van der Waals surface area contributed by atoms with Crippen LogP contribution in [0.15, 0.2) is 29.2 Å². The normalized spacial score (nSPS) is 18.0. The van der Waals surface area contributed by atoms with E-state index in [1.165, 1.54) is 33.6 Å². The summed E-state index contributed by atoms with van der Waals surface area (Å²) in [5.74, 6) is -3.04. The zero-order valence-corrected chi connectivity index (χ0v) is 21.5. The Morgan fingerprint density at radius 1 is 1.32 bits per heavy atom. The Morgan fingerprint density at radius 2 is 2.03 bits per heavy atom. The molecule has 2 unspecified atom stereocenters. The maximum absolute atomic E-state index is 14.1. The lowest BCUT2D eigenvalue weighted by Gasteiger charge is -2.46. The maximum Gasteiger partial charge on any atom is 0.275 e. The van der Waals surface area contributed by atoms with Crippen LogP contribution >= 0.6 is 11.3 Å². The second-order valence-corrected chi connectivity index (χ2v) is 10.5. The Balaban J connectivity index is 1.81. The van der Waals surface area contributed by atoms with Crippen LogP contribution in [0.1, 0.15) is 41.8 Å². The van der Waals surface area contributed by atoms with Crippen molar-refractivity contribution >= 4 is 23.2 Å². The number of rotatable bonds is 6. The second kappa shape index (κ2) is 9.63. The minimum atomic E-state index is -0.956. The molecule has 1 aliphatic rings. The lowest BCUT2D eigenvalue weighted by molar-refractivity contribution is -0.129. The Hall–Kier alpha value is -3.71. The van der Waals surface area contributed by atoms with E-state index in [0.717, 1.165) is 23.5 Å². The molecule has 196 valence electrons. The molecule has 0 spiro atoms. The topological polar surface area (TPSA) is 135 Å². The fourth-order valence-electron chi connectivity index (χ4n) is 4.37. The molecule has 0 fully saturated rings. The average molecular weight is 533 g/mol. The van der Waals surface area contributed by atoms with Crippen LogP contribution in [0.2, 0.25) is 0 Å². The van der Waals surface area contributed by atoms with Gasteiger partial charge in [0.15, 0.2) is 16.5 Å². The molecule has 3 aromatic rings. The number of carbonyl (C=O) groups is 2. The molecule has 1 aromatic carbocycles. The molecule has 2 atom stereocenters. The van der Waals surface area contributed by atoms with Gasteiger partial charge in [0.25, 0.3) is 5.91 Å². The van der Waals surface area contributed by atoms with Crippen molar-refractivity contribution in [1.82, 2.24) is 24.6 Å². The molecular weight excluding hydrogens is 506 g/mol. The first kappa shape index (κ1) is 26.4. The largest absolute Gasteiger partial charge is 0.503 e. The third-order valence-electron chi connectivity index (χ3n) is 6.40. The Labute approximate surface area is 215 Å². The highest BCUT2D eigenvalue weighted by Crippen LogP contribution is 2.34. The van der Waals surface area contributed by atoms with E-state index in [1.54, 1.807) is 20.9 Å². The van der Waals surface area contributed by atoms with E-state index in [4.69, 9.17) is 5.73 Å². The number of aromatic hydroxyl groups is 1. The Bertz CT molecular complexity index is 1460. The summed E-state index contributed by atoms with van der Waals surface area (Å²) in [4.78, 5) is 41.2. The van der Waals surface area contributed by atoms with Crippen LogP contribution in [-0.4, -0.2) is 67.8 Å². The summed E-state index contributed by atoms with van der Waals surface area (Å²) < 4.78 is 28.8. The third-order valence-corrected chi connectivity index (χ3v) is 7.36. The van der Waals surface area contributed by atoms with Crippen LogP contribution < -0.4 is 11.2 Å². The number of pyridine rings is 1. The quantitative estimate of drug-likeness (QED) is 0.495. The smallest absolute Gasteiger partial charge is 0.275 e. The maximum atomic E-state index is 14.1. The number of halogens is 2. The molecule has 37 heavy (non-hydrogen) atoms. The van der Waals surface area contributed by atoms with Crippen molar-refractivity contribution in [2.24, 2.45) is 5.73 Å². The van der Waals surface area contributed by atoms with Gasteiger partial charge < -0.3 is 25.2 Å². The van der Waals surface area contributed by atoms with E-state index in [2.05, 4.69) is 10.2 Å². The molecule has 3 heterocycles. The molecule has 0 saturated heterocycles. The summed E-state index contributed by atoms with van der Waals surface area (Å²) in [6, 6.07) is 3.21. The molecule has 10 nitrogen and oxygen atoms in total. The van der Waals surface area contributed by atoms with Crippen molar-refractivity contribution in [1.29, 1.82) is 0 Å². The van der Waals surface area contributed by atoms with Crippen molar-refractivity contribution in [3.8, 4) is 16.3 Å². The van der Waals surface area contributed by atoms with Gasteiger partial charge in [-0.1, -0.05) is 17.4 Å². The van der Waals surface area contributed by atoms with Crippen LogP contribution in [0.3, 0.4) is 0 Å². The first-order chi connectivity index (χ1) is 17.3. The predicted molar refractivity (Wildman–Crippen MR) is 132 cm³/mol. The van der Waals surface area contributed by atoms with E-state index in [-0.39, 0.29) is 47.2 Å². The van der Waals surface area contributed by atoms with Crippen molar-refractivity contribution in [3.63, 3.8) is 0 Å². The van der Waals surface area contributed by atoms with Crippen LogP contribution in [0.4, 0.5) is 8.78 Å². The second-order valence-electron chi connectivity index (χ2n) is 9.40. The molecule has 0 bridgehead atoms. The zero-order chi connectivity index (χ0) is 27.2. The van der Waals surface area contributed by atoms with Crippen LogP contribution in [0.5, 0.6) is 5.75 Å². The molecule has 13 heteroatoms. The van der Waals surface area contributed by atoms with Gasteiger partial charge in [0, 0.05) is 45.7 Å². The molecular formula is C24H26F2N6O4S. The zero-order valence-electron chi connectivity index (χ0n) is 20.7. The van der Waals surface area contributed by atoms with Gasteiger partial charge in [-0.2, -0.15) is 0 Å². The first-order valence-corrected chi connectivity index (χ1v) is 12.2. The van der Waals surface area contributed by atoms with Gasteiger partial charge in [-0.15, -0.1) is 10.2 Å². The minimum absolute atomic E-state index is 0.0108. The molecule has 3 N–H and O–H groups in total. The number of nitrogens with zero attached hydrogens (tertiary/aromatic N) is 5. The van der Waals surface area contributed by atoms with Crippen molar-refractivity contribution in [2.75, 3.05) is 20.1 Å². The number of hydrogen-bond acceptors (Lipinski definition) is 8. The van der Waals surface area contributed by atoms with Gasteiger partial charge in [0.1, 0.15) is 16.6 Å². The summed E-state index contributed by atoms with van der Waals surface area (Å²) in [7, 11) is 1.61. The van der Waals surface area contributed by atoms with Gasteiger partial charge >= 0.3 is 0 Å². The van der Waals surface area contributed by atoms with Crippen LogP contribution in [-0.2, 0) is 16.8 Å². The summed E-state index contributed by atoms with van der Waals surface area (Å²) in [5.41, 5.74) is 4.18. The SMILES string of the molecule is CC(=O)N(C)CC1(C)CN(C(C)N)C(=O)c2c(O)c(=O)c(-c3nnc(Cc4ccc(F)cc4F)s3)cn21. The number of aromatic nitrogens is 3. The fraction of sp³-hybridized carbons (Fsp3) is 0.375. The predicted octanol–water partition coefficient (Wildman–Crippen LogP) is 1.90. The van der Waals surface area contributed by atoms with E-state index in [0.29, 0.717) is 5.01 Å². The number of benzene rings is 1. The number of hydrogen-bond donors (Lipinski definition) is 2. The van der Waals surface area contributed by atoms with Crippen LogP contribution in [0.25, 0.3) is 10.6 Å². The number of nitrogens with two attached hydrogens (primary N) is 1. The number of likely N-dealkylation sites (N-methyl/N-ethyl adjacent to an activating group) is 1. The number of fused-ring (bicyclic) bond motifs is 1. The van der Waals surface area contributed by atoms with E-state index >= 15 is 0 Å². The first-order valence-electron chi connectivity index (χ1n) is 11.4. The number of amides is 2. The highest BCUT2D eigenvalue weighted by molar-refractivity contribution is 7.14. The molecule has 0 radical (unpaired) electrons. The van der Waals surface area contributed by atoms with Gasteiger partial charge in [-0.25, -0.2) is 8.78 Å². The summed E-state index contributed by atoms with van der Waals surface area (Å²) >= 11 is 1.01. The molecule has 1 aliphatic heterocycles. The molecule has 2 amide bonds. The van der Waals surface area contributed by atoms with Gasteiger partial charge in [-0.05, 0) is 25.5 Å². The Morgan fingerprint density at radius 3 is 2.65 bits per heavy atom. The summed E-state index contributed by atoms with van der Waals surface area (Å²) in [5, 5.41) is 19.5. The van der Waals surface area contributed by atoms with Crippen LogP contribution in [0, 0.1) is 11.6 Å². The monoisotopic (exact) mass is 532 g/mol. The lowest BCUT2D eigenvalue weighted by Crippen LogP contribution is -2.60. The van der Waals surface area contributed by atoms with Gasteiger partial charge in [0.05, 0.1) is 17.3 Å². The van der Waals surface area contributed by atoms with E-state index in [1.807, 2.05) is 0 Å². The Kier molecular flexibility index (Phi) is 6.86. The van der Waals surface area contributed by atoms with Crippen molar-refractivity contribution in [2.45, 2.75) is 38.9 Å². The molecule has 0 saturated carbocycles. The van der Waals surface area contributed by atoms with E-state index < -0.39 is 40.4 Å². The van der Waals surface area contributed by atoms with E-state index in [9.17, 15) is 28.3 Å². The fourth-order valence-corrected chi connectivity index (χ4v) is 5.24. The summed E-state index contributed by atoms with van der Waals surface area (Å²) in [6.07, 6.45) is 0.727. The third kappa shape index (κ3) is 4.83. The highest BCUT2D eigenvalue weighted by atomic mass is 32.1. The van der Waals surface area contributed by atoms with Gasteiger partial charge in [0.2, 0.25) is 11.3 Å². The average Bonchev–Trinajstić information content (AvgIpc) is 3.28. The van der Waals surface area contributed by atoms with Gasteiger partial charge in [-0.3, -0.25) is 14.4 Å². The lowest BCUT2D eigenvalue weighted by atomic mass is 9.94.